The molecule has 1 N–H and O–H groups in total. The van der Waals surface area contributed by atoms with Gasteiger partial charge in [0.05, 0.1) is 12.1 Å². The van der Waals surface area contributed by atoms with Gasteiger partial charge in [-0.3, -0.25) is 4.79 Å². The lowest BCUT2D eigenvalue weighted by atomic mass is 10.1. The maximum absolute atomic E-state index is 12.5. The summed E-state index contributed by atoms with van der Waals surface area (Å²) in [5, 5.41) is 2.60. The summed E-state index contributed by atoms with van der Waals surface area (Å²) in [5.74, 6) is 5.15. The standard InChI is InChI=1S/C15H16F3NO/c1-2-3-9-14(20)19-10-5-7-12-6-4-8-13(11-12)15(16,17)18/h4,6,8,11H,2-3,9-10H2,1H3,(H,19,20). The van der Waals surface area contributed by atoms with Gasteiger partial charge in [0.2, 0.25) is 5.91 Å². The molecule has 0 spiro atoms. The number of hydrogen-bond acceptors (Lipinski definition) is 1. The smallest absolute Gasteiger partial charge is 0.345 e. The summed E-state index contributed by atoms with van der Waals surface area (Å²) >= 11 is 0. The van der Waals surface area contributed by atoms with E-state index in [1.165, 1.54) is 12.1 Å². The second-order valence-corrected chi connectivity index (χ2v) is 4.26. The van der Waals surface area contributed by atoms with Gasteiger partial charge in [-0.15, -0.1) is 0 Å². The molecule has 1 amide bonds. The van der Waals surface area contributed by atoms with Crippen molar-refractivity contribution in [3.05, 3.63) is 35.4 Å². The zero-order chi connectivity index (χ0) is 15.0. The number of unbranched alkanes of at least 4 members (excludes halogenated alkanes) is 1. The number of carbonyl (C=O) groups is 1. The summed E-state index contributed by atoms with van der Waals surface area (Å²) in [4.78, 5) is 11.3. The van der Waals surface area contributed by atoms with E-state index in [0.717, 1.165) is 25.0 Å². The molecular weight excluding hydrogens is 267 g/mol. The fourth-order valence-corrected chi connectivity index (χ4v) is 1.49. The maximum atomic E-state index is 12.5. The molecular formula is C15H16F3NO. The van der Waals surface area contributed by atoms with Crippen molar-refractivity contribution in [2.75, 3.05) is 6.54 Å². The van der Waals surface area contributed by atoms with Crippen LogP contribution in [0.1, 0.15) is 37.3 Å². The van der Waals surface area contributed by atoms with Crippen LogP contribution in [0.5, 0.6) is 0 Å². The lowest BCUT2D eigenvalue weighted by molar-refractivity contribution is -0.137. The fraction of sp³-hybridized carbons (Fsp3) is 0.400. The average molecular weight is 283 g/mol. The molecule has 108 valence electrons. The average Bonchev–Trinajstić information content (AvgIpc) is 2.41. The molecule has 0 aliphatic rings. The van der Waals surface area contributed by atoms with Crippen molar-refractivity contribution in [1.82, 2.24) is 5.32 Å². The molecule has 0 atom stereocenters. The first-order valence-electron chi connectivity index (χ1n) is 6.36. The molecule has 0 bridgehead atoms. The number of benzene rings is 1. The third kappa shape index (κ3) is 5.79. The molecule has 0 heterocycles. The topological polar surface area (TPSA) is 29.1 Å². The number of rotatable bonds is 4. The van der Waals surface area contributed by atoms with Crippen LogP contribution in [-0.4, -0.2) is 12.5 Å². The minimum absolute atomic E-state index is 0.0924. The quantitative estimate of drug-likeness (QED) is 0.843. The van der Waals surface area contributed by atoms with Crippen LogP contribution < -0.4 is 5.32 Å². The highest BCUT2D eigenvalue weighted by molar-refractivity contribution is 5.76. The van der Waals surface area contributed by atoms with E-state index >= 15 is 0 Å². The molecule has 0 aromatic heterocycles. The van der Waals surface area contributed by atoms with Gasteiger partial charge in [0.25, 0.3) is 0 Å². The summed E-state index contributed by atoms with van der Waals surface area (Å²) in [7, 11) is 0. The summed E-state index contributed by atoms with van der Waals surface area (Å²) in [6.45, 7) is 2.12. The molecule has 0 saturated heterocycles. The fourth-order valence-electron chi connectivity index (χ4n) is 1.49. The third-order valence-corrected chi connectivity index (χ3v) is 2.55. The largest absolute Gasteiger partial charge is 0.416 e. The van der Waals surface area contributed by atoms with Gasteiger partial charge in [0, 0.05) is 12.0 Å². The van der Waals surface area contributed by atoms with Crippen LogP contribution >= 0.6 is 0 Å². The molecule has 0 radical (unpaired) electrons. The minimum atomic E-state index is -4.37. The highest BCUT2D eigenvalue weighted by atomic mass is 19.4. The van der Waals surface area contributed by atoms with Gasteiger partial charge in [-0.25, -0.2) is 0 Å². The van der Waals surface area contributed by atoms with Gasteiger partial charge in [0.15, 0.2) is 0 Å². The minimum Gasteiger partial charge on any atom is -0.345 e. The number of hydrogen-bond donors (Lipinski definition) is 1. The summed E-state index contributed by atoms with van der Waals surface area (Å²) in [5.41, 5.74) is -0.445. The van der Waals surface area contributed by atoms with Crippen LogP contribution in [0.25, 0.3) is 0 Å². The Balaban J connectivity index is 2.54. The Bertz CT molecular complexity index is 512. The van der Waals surface area contributed by atoms with Gasteiger partial charge < -0.3 is 5.32 Å². The van der Waals surface area contributed by atoms with E-state index in [0.29, 0.717) is 6.42 Å². The van der Waals surface area contributed by atoms with Crippen LogP contribution in [0, 0.1) is 11.8 Å². The van der Waals surface area contributed by atoms with E-state index in [4.69, 9.17) is 0 Å². The molecule has 0 saturated carbocycles. The van der Waals surface area contributed by atoms with E-state index in [1.807, 2.05) is 6.92 Å². The monoisotopic (exact) mass is 283 g/mol. The summed E-state index contributed by atoms with van der Waals surface area (Å²) < 4.78 is 37.4. The number of amides is 1. The maximum Gasteiger partial charge on any atom is 0.416 e. The number of alkyl halides is 3. The first-order valence-corrected chi connectivity index (χ1v) is 6.36. The van der Waals surface area contributed by atoms with E-state index in [1.54, 1.807) is 0 Å². The molecule has 0 fully saturated rings. The van der Waals surface area contributed by atoms with Crippen molar-refractivity contribution in [3.8, 4) is 11.8 Å². The molecule has 5 heteroatoms. The normalized spacial score (nSPS) is 10.6. The van der Waals surface area contributed by atoms with E-state index in [2.05, 4.69) is 17.2 Å². The summed E-state index contributed by atoms with van der Waals surface area (Å²) in [6.07, 6.45) is -2.18. The second-order valence-electron chi connectivity index (χ2n) is 4.26. The first kappa shape index (κ1) is 16.1. The Kier molecular flexibility index (Phi) is 6.10. The highest BCUT2D eigenvalue weighted by Crippen LogP contribution is 2.29. The van der Waals surface area contributed by atoms with Gasteiger partial charge in [-0.1, -0.05) is 31.3 Å². The van der Waals surface area contributed by atoms with Crippen molar-refractivity contribution >= 4 is 5.91 Å². The van der Waals surface area contributed by atoms with Crippen molar-refractivity contribution in [3.63, 3.8) is 0 Å². The van der Waals surface area contributed by atoms with Crippen molar-refractivity contribution in [2.24, 2.45) is 0 Å². The Hall–Kier alpha value is -1.96. The van der Waals surface area contributed by atoms with Gasteiger partial charge >= 0.3 is 6.18 Å². The van der Waals surface area contributed by atoms with Crippen LogP contribution in [-0.2, 0) is 11.0 Å². The molecule has 1 aromatic rings. The lowest BCUT2D eigenvalue weighted by Gasteiger charge is -2.05. The Morgan fingerprint density at radius 2 is 2.10 bits per heavy atom. The number of nitrogens with one attached hydrogen (secondary N) is 1. The van der Waals surface area contributed by atoms with E-state index in [9.17, 15) is 18.0 Å². The Morgan fingerprint density at radius 1 is 1.35 bits per heavy atom. The number of carbonyl (C=O) groups excluding carboxylic acids is 1. The van der Waals surface area contributed by atoms with Crippen LogP contribution in [0.2, 0.25) is 0 Å². The molecule has 0 aliphatic carbocycles. The van der Waals surface area contributed by atoms with Crippen molar-refractivity contribution in [1.29, 1.82) is 0 Å². The molecule has 1 aromatic carbocycles. The van der Waals surface area contributed by atoms with Crippen LogP contribution in [0.4, 0.5) is 13.2 Å². The lowest BCUT2D eigenvalue weighted by Crippen LogP contribution is -2.22. The predicted molar refractivity (Wildman–Crippen MR) is 70.9 cm³/mol. The van der Waals surface area contributed by atoms with E-state index < -0.39 is 11.7 Å². The first-order chi connectivity index (χ1) is 9.43. The molecule has 20 heavy (non-hydrogen) atoms. The van der Waals surface area contributed by atoms with Crippen LogP contribution in [0.3, 0.4) is 0 Å². The van der Waals surface area contributed by atoms with Crippen molar-refractivity contribution in [2.45, 2.75) is 32.4 Å². The molecule has 1 rings (SSSR count). The third-order valence-electron chi connectivity index (χ3n) is 2.55. The molecule has 2 nitrogen and oxygen atoms in total. The number of halogens is 3. The van der Waals surface area contributed by atoms with Gasteiger partial charge in [-0.05, 0) is 24.6 Å². The zero-order valence-corrected chi connectivity index (χ0v) is 11.2. The highest BCUT2D eigenvalue weighted by Gasteiger charge is 2.30. The van der Waals surface area contributed by atoms with Crippen molar-refractivity contribution < 1.29 is 18.0 Å². The zero-order valence-electron chi connectivity index (χ0n) is 11.2. The van der Waals surface area contributed by atoms with Crippen LogP contribution in [0.15, 0.2) is 24.3 Å². The van der Waals surface area contributed by atoms with Gasteiger partial charge in [-0.2, -0.15) is 13.2 Å². The Labute approximate surface area is 116 Å². The molecule has 0 unspecified atom stereocenters. The van der Waals surface area contributed by atoms with E-state index in [-0.39, 0.29) is 18.0 Å². The Morgan fingerprint density at radius 3 is 2.75 bits per heavy atom. The molecule has 0 aliphatic heterocycles. The predicted octanol–water partition coefficient (Wildman–Crippen LogP) is 3.36. The SMILES string of the molecule is CCCCC(=O)NCC#Cc1cccc(C(F)(F)F)c1. The second kappa shape index (κ2) is 7.59. The van der Waals surface area contributed by atoms with Gasteiger partial charge in [0.1, 0.15) is 0 Å². The summed E-state index contributed by atoms with van der Waals surface area (Å²) in [6, 6.07) is 4.80.